The third-order valence-electron chi connectivity index (χ3n) is 5.05. The molecule has 2 aliphatic rings. The van der Waals surface area contributed by atoms with Crippen LogP contribution in [0.15, 0.2) is 18.2 Å². The van der Waals surface area contributed by atoms with Gasteiger partial charge in [0, 0.05) is 19.0 Å². The number of rotatable bonds is 2. The van der Waals surface area contributed by atoms with E-state index in [0.717, 1.165) is 18.6 Å². The summed E-state index contributed by atoms with van der Waals surface area (Å²) in [6, 6.07) is 6.59. The molecule has 2 heterocycles. The molecule has 0 atom stereocenters. The van der Waals surface area contributed by atoms with Crippen LogP contribution in [0.3, 0.4) is 0 Å². The fourth-order valence-corrected chi connectivity index (χ4v) is 2.73. The Morgan fingerprint density at radius 3 is 2.20 bits per heavy atom. The average Bonchev–Trinajstić information content (AvgIpc) is 2.49. The molecule has 1 aromatic carbocycles. The van der Waals surface area contributed by atoms with E-state index in [9.17, 15) is 0 Å². The minimum Gasteiger partial charge on any atom is -0.399 e. The first-order valence-corrected chi connectivity index (χ1v) is 7.47. The third kappa shape index (κ3) is 2.20. The van der Waals surface area contributed by atoms with E-state index in [2.05, 4.69) is 58.1 Å². The van der Waals surface area contributed by atoms with E-state index in [1.54, 1.807) is 0 Å². The van der Waals surface area contributed by atoms with Crippen LogP contribution < -0.4 is 10.8 Å². The molecular weight excluding hydrogens is 249 g/mol. The summed E-state index contributed by atoms with van der Waals surface area (Å²) >= 11 is 0. The van der Waals surface area contributed by atoms with Gasteiger partial charge in [-0.2, -0.15) is 0 Å². The molecule has 0 aromatic heterocycles. The van der Waals surface area contributed by atoms with Crippen molar-refractivity contribution in [3.8, 4) is 0 Å². The van der Waals surface area contributed by atoms with Gasteiger partial charge in [0.25, 0.3) is 0 Å². The second kappa shape index (κ2) is 4.59. The molecule has 0 amide bonds. The maximum atomic E-state index is 6.14. The molecule has 1 aromatic rings. The van der Waals surface area contributed by atoms with Crippen LogP contribution in [0.1, 0.15) is 44.7 Å². The van der Waals surface area contributed by atoms with Crippen molar-refractivity contribution in [1.82, 2.24) is 5.32 Å². The maximum Gasteiger partial charge on any atom is 0.494 e. The van der Waals surface area contributed by atoms with Crippen molar-refractivity contribution < 1.29 is 9.31 Å². The minimum atomic E-state index is -0.277. The summed E-state index contributed by atoms with van der Waals surface area (Å²) in [5.74, 6) is 0.636. The van der Waals surface area contributed by atoms with Gasteiger partial charge in [-0.25, -0.2) is 0 Å². The summed E-state index contributed by atoms with van der Waals surface area (Å²) in [7, 11) is -0.257. The summed E-state index contributed by atoms with van der Waals surface area (Å²) in [6.45, 7) is 12.7. The van der Waals surface area contributed by atoms with Crippen molar-refractivity contribution in [1.29, 1.82) is 0 Å². The Bertz CT molecular complexity index is 507. The van der Waals surface area contributed by atoms with E-state index >= 15 is 0 Å². The number of benzene rings is 1. The molecule has 0 radical (unpaired) electrons. The number of aryl methyl sites for hydroxylation is 1. The van der Waals surface area contributed by atoms with Crippen LogP contribution in [0.5, 0.6) is 0 Å². The molecule has 0 saturated carbocycles. The number of hydrogen-bond acceptors (Lipinski definition) is 3. The van der Waals surface area contributed by atoms with Crippen LogP contribution in [0, 0.1) is 6.92 Å². The Morgan fingerprint density at radius 2 is 1.70 bits per heavy atom. The van der Waals surface area contributed by atoms with Crippen LogP contribution >= 0.6 is 0 Å². The quantitative estimate of drug-likeness (QED) is 0.836. The Kier molecular flexibility index (Phi) is 3.24. The summed E-state index contributed by atoms with van der Waals surface area (Å²) < 4.78 is 12.3. The van der Waals surface area contributed by atoms with Crippen LogP contribution in [0.2, 0.25) is 0 Å². The van der Waals surface area contributed by atoms with E-state index in [1.165, 1.54) is 11.1 Å². The molecular formula is C16H24BNO2. The van der Waals surface area contributed by atoms with Gasteiger partial charge in [0.1, 0.15) is 0 Å². The van der Waals surface area contributed by atoms with E-state index < -0.39 is 0 Å². The molecule has 0 unspecified atom stereocenters. The predicted molar refractivity (Wildman–Crippen MR) is 82.5 cm³/mol. The first-order valence-electron chi connectivity index (χ1n) is 7.47. The zero-order valence-electron chi connectivity index (χ0n) is 13.1. The maximum absolute atomic E-state index is 6.14. The highest BCUT2D eigenvalue weighted by atomic mass is 16.7. The summed E-state index contributed by atoms with van der Waals surface area (Å²) in [5, 5.41) is 3.34. The summed E-state index contributed by atoms with van der Waals surface area (Å²) in [6.07, 6.45) is 0. The second-order valence-electron chi connectivity index (χ2n) is 7.06. The topological polar surface area (TPSA) is 30.5 Å². The number of hydrogen-bond donors (Lipinski definition) is 1. The van der Waals surface area contributed by atoms with Gasteiger partial charge in [-0.05, 0) is 51.2 Å². The molecule has 20 heavy (non-hydrogen) atoms. The average molecular weight is 273 g/mol. The first kappa shape index (κ1) is 14.1. The van der Waals surface area contributed by atoms with E-state index in [-0.39, 0.29) is 18.3 Å². The molecule has 0 bridgehead atoms. The molecule has 3 rings (SSSR count). The third-order valence-corrected chi connectivity index (χ3v) is 5.05. The van der Waals surface area contributed by atoms with Crippen LogP contribution in [-0.4, -0.2) is 31.4 Å². The Balaban J connectivity index is 1.88. The lowest BCUT2D eigenvalue weighted by molar-refractivity contribution is 0.00578. The Hall–Kier alpha value is -0.835. The molecule has 0 spiro atoms. The Labute approximate surface area is 122 Å². The van der Waals surface area contributed by atoms with Crippen LogP contribution in [0.4, 0.5) is 0 Å². The van der Waals surface area contributed by atoms with E-state index in [1.807, 2.05) is 0 Å². The predicted octanol–water partition coefficient (Wildman–Crippen LogP) is 1.98. The zero-order chi connectivity index (χ0) is 14.5. The highest BCUT2D eigenvalue weighted by Gasteiger charge is 2.51. The minimum absolute atomic E-state index is 0.257. The molecule has 2 fully saturated rings. The molecule has 4 heteroatoms. The lowest BCUT2D eigenvalue weighted by Gasteiger charge is -2.32. The number of nitrogens with one attached hydrogen (secondary N) is 1. The summed E-state index contributed by atoms with van der Waals surface area (Å²) in [5.41, 5.74) is 3.37. The van der Waals surface area contributed by atoms with Crippen molar-refractivity contribution in [2.45, 2.75) is 51.7 Å². The van der Waals surface area contributed by atoms with Gasteiger partial charge in [0.05, 0.1) is 11.2 Å². The van der Waals surface area contributed by atoms with Crippen LogP contribution in [-0.2, 0) is 9.31 Å². The lowest BCUT2D eigenvalue weighted by atomic mass is 9.76. The second-order valence-corrected chi connectivity index (χ2v) is 7.06. The largest absolute Gasteiger partial charge is 0.494 e. The fraction of sp³-hybridized carbons (Fsp3) is 0.625. The van der Waals surface area contributed by atoms with Crippen molar-refractivity contribution in [2.24, 2.45) is 0 Å². The van der Waals surface area contributed by atoms with E-state index in [0.29, 0.717) is 5.92 Å². The molecule has 2 aliphatic heterocycles. The van der Waals surface area contributed by atoms with Gasteiger partial charge in [-0.1, -0.05) is 18.2 Å². The lowest BCUT2D eigenvalue weighted by Crippen LogP contribution is -2.41. The van der Waals surface area contributed by atoms with Gasteiger partial charge in [-0.15, -0.1) is 0 Å². The van der Waals surface area contributed by atoms with Crippen molar-refractivity contribution in [3.05, 3.63) is 29.3 Å². The zero-order valence-corrected chi connectivity index (χ0v) is 13.1. The van der Waals surface area contributed by atoms with Crippen molar-refractivity contribution in [2.75, 3.05) is 13.1 Å². The molecule has 2 saturated heterocycles. The Morgan fingerprint density at radius 1 is 1.10 bits per heavy atom. The molecule has 108 valence electrons. The fourth-order valence-electron chi connectivity index (χ4n) is 2.73. The van der Waals surface area contributed by atoms with Crippen molar-refractivity contribution >= 4 is 12.6 Å². The monoisotopic (exact) mass is 273 g/mol. The highest BCUT2D eigenvalue weighted by molar-refractivity contribution is 6.62. The normalized spacial score (nSPS) is 24.8. The van der Waals surface area contributed by atoms with Crippen LogP contribution in [0.25, 0.3) is 0 Å². The SMILES string of the molecule is Cc1ccc(B2OC(C)(C)C(C)(C)O2)cc1C1CNC1. The standard InChI is InChI=1S/C16H24BNO2/c1-11-6-7-13(8-14(11)12-9-18-10-12)17-19-15(2,3)16(4,5)20-17/h6-8,12,18H,9-10H2,1-5H3. The summed E-state index contributed by atoms with van der Waals surface area (Å²) in [4.78, 5) is 0. The van der Waals surface area contributed by atoms with Gasteiger partial charge in [-0.3, -0.25) is 0 Å². The van der Waals surface area contributed by atoms with Gasteiger partial charge >= 0.3 is 7.12 Å². The van der Waals surface area contributed by atoms with Crippen molar-refractivity contribution in [3.63, 3.8) is 0 Å². The molecule has 3 nitrogen and oxygen atoms in total. The van der Waals surface area contributed by atoms with E-state index in [4.69, 9.17) is 9.31 Å². The molecule has 1 N–H and O–H groups in total. The first-order chi connectivity index (χ1) is 9.30. The highest BCUT2D eigenvalue weighted by Crippen LogP contribution is 2.36. The molecule has 0 aliphatic carbocycles. The van der Waals surface area contributed by atoms with Gasteiger partial charge in [0.15, 0.2) is 0 Å². The van der Waals surface area contributed by atoms with Gasteiger partial charge in [0.2, 0.25) is 0 Å². The smallest absolute Gasteiger partial charge is 0.399 e. The van der Waals surface area contributed by atoms with Gasteiger partial charge < -0.3 is 14.6 Å².